The van der Waals surface area contributed by atoms with Crippen molar-refractivity contribution in [2.75, 3.05) is 13.1 Å². The highest BCUT2D eigenvalue weighted by Crippen LogP contribution is 2.29. The number of piperidine rings is 1. The third kappa shape index (κ3) is 5.98. The number of likely N-dealkylation sites (tertiary alicyclic amines) is 1. The van der Waals surface area contributed by atoms with Gasteiger partial charge in [-0.25, -0.2) is 0 Å². The zero-order valence-corrected chi connectivity index (χ0v) is 19.0. The lowest BCUT2D eigenvalue weighted by molar-refractivity contribution is 0.0797. The maximum Gasteiger partial charge on any atom is 0.251 e. The topological polar surface area (TPSA) is 54.5 Å². The van der Waals surface area contributed by atoms with E-state index in [4.69, 9.17) is 16.3 Å². The Kier molecular flexibility index (Phi) is 7.46. The Hall–Kier alpha value is -2.11. The molecule has 1 saturated heterocycles. The molecule has 1 saturated carbocycles. The summed E-state index contributed by atoms with van der Waals surface area (Å²) in [6, 6.07) is 12.2. The summed E-state index contributed by atoms with van der Waals surface area (Å²) in [5, 5.41) is 3.61. The van der Waals surface area contributed by atoms with Gasteiger partial charge in [-0.2, -0.15) is 0 Å². The van der Waals surface area contributed by atoms with E-state index in [0.29, 0.717) is 28.4 Å². The largest absolute Gasteiger partial charge is 0.489 e. The molecule has 1 aromatic carbocycles. The van der Waals surface area contributed by atoms with Gasteiger partial charge in [-0.3, -0.25) is 14.7 Å². The third-order valence-corrected chi connectivity index (χ3v) is 6.80. The Labute approximate surface area is 190 Å². The van der Waals surface area contributed by atoms with Gasteiger partial charge in [-0.1, -0.05) is 30.5 Å². The lowest BCUT2D eigenvalue weighted by Crippen LogP contribution is -2.43. The number of nitrogens with zero attached hydrogens (tertiary/aromatic N) is 2. The molecule has 1 atom stereocenters. The van der Waals surface area contributed by atoms with Crippen molar-refractivity contribution in [3.63, 3.8) is 0 Å². The maximum absolute atomic E-state index is 12.5. The van der Waals surface area contributed by atoms with Gasteiger partial charge in [0.05, 0.1) is 5.02 Å². The van der Waals surface area contributed by atoms with E-state index in [-0.39, 0.29) is 12.0 Å². The number of hydrogen-bond donors (Lipinski definition) is 1. The summed E-state index contributed by atoms with van der Waals surface area (Å²) >= 11 is 6.46. The maximum atomic E-state index is 12.5. The minimum atomic E-state index is -0.0458. The van der Waals surface area contributed by atoms with Crippen LogP contribution in [0.2, 0.25) is 5.02 Å². The van der Waals surface area contributed by atoms with E-state index in [0.717, 1.165) is 50.9 Å². The van der Waals surface area contributed by atoms with Gasteiger partial charge in [-0.05, 0) is 62.9 Å². The predicted molar refractivity (Wildman–Crippen MR) is 124 cm³/mol. The van der Waals surface area contributed by atoms with Gasteiger partial charge in [-0.15, -0.1) is 0 Å². The SMILES string of the molecule is CC(Cc1ccccn1)N1CCC(Oc2ccc(C(=O)NC3CCCC3)cc2Cl)CC1. The molecule has 1 unspecified atom stereocenters. The first kappa shape index (κ1) is 22.1. The van der Waals surface area contributed by atoms with Crippen LogP contribution in [0, 0.1) is 0 Å². The van der Waals surface area contributed by atoms with Gasteiger partial charge < -0.3 is 10.1 Å². The number of hydrogen-bond acceptors (Lipinski definition) is 4. The second-order valence-corrected chi connectivity index (χ2v) is 9.23. The zero-order chi connectivity index (χ0) is 21.6. The smallest absolute Gasteiger partial charge is 0.251 e. The highest BCUT2D eigenvalue weighted by atomic mass is 35.5. The first-order valence-corrected chi connectivity index (χ1v) is 11.9. The van der Waals surface area contributed by atoms with Crippen molar-refractivity contribution >= 4 is 17.5 Å². The fraction of sp³-hybridized carbons (Fsp3) is 0.520. The van der Waals surface area contributed by atoms with Gasteiger partial charge in [0, 0.05) is 49.0 Å². The number of pyridine rings is 1. The van der Waals surface area contributed by atoms with Crippen LogP contribution in [0.15, 0.2) is 42.6 Å². The van der Waals surface area contributed by atoms with Crippen LogP contribution in [0.4, 0.5) is 0 Å². The molecule has 2 heterocycles. The summed E-state index contributed by atoms with van der Waals surface area (Å²) in [4.78, 5) is 19.4. The van der Waals surface area contributed by atoms with Crippen molar-refractivity contribution in [1.29, 1.82) is 0 Å². The lowest BCUT2D eigenvalue weighted by Gasteiger charge is -2.36. The van der Waals surface area contributed by atoms with E-state index in [1.807, 2.05) is 30.5 Å². The Morgan fingerprint density at radius 1 is 1.19 bits per heavy atom. The number of carbonyl (C=O) groups excluding carboxylic acids is 1. The lowest BCUT2D eigenvalue weighted by atomic mass is 10.0. The molecule has 1 aliphatic heterocycles. The molecular weight excluding hydrogens is 410 g/mol. The van der Waals surface area contributed by atoms with Gasteiger partial charge in [0.1, 0.15) is 11.9 Å². The van der Waals surface area contributed by atoms with Gasteiger partial charge in [0.15, 0.2) is 0 Å². The minimum absolute atomic E-state index is 0.0458. The molecule has 2 aromatic rings. The van der Waals surface area contributed by atoms with Crippen molar-refractivity contribution in [3.05, 3.63) is 58.9 Å². The van der Waals surface area contributed by atoms with E-state index in [2.05, 4.69) is 28.2 Å². The van der Waals surface area contributed by atoms with Gasteiger partial charge >= 0.3 is 0 Å². The van der Waals surface area contributed by atoms with Gasteiger partial charge in [0.2, 0.25) is 0 Å². The normalized spacial score (nSPS) is 19.3. The van der Waals surface area contributed by atoms with Crippen LogP contribution in [0.25, 0.3) is 0 Å². The molecule has 2 fully saturated rings. The van der Waals surface area contributed by atoms with Crippen LogP contribution in [-0.4, -0.2) is 47.1 Å². The Morgan fingerprint density at radius 2 is 1.97 bits per heavy atom. The number of carbonyl (C=O) groups is 1. The molecule has 1 N–H and O–H groups in total. The van der Waals surface area contributed by atoms with E-state index >= 15 is 0 Å². The number of benzene rings is 1. The van der Waals surface area contributed by atoms with Crippen molar-refractivity contribution in [1.82, 2.24) is 15.2 Å². The van der Waals surface area contributed by atoms with Crippen molar-refractivity contribution in [2.45, 2.75) is 70.1 Å². The van der Waals surface area contributed by atoms with E-state index in [1.54, 1.807) is 6.07 Å². The molecular formula is C25H32ClN3O2. The summed E-state index contributed by atoms with van der Waals surface area (Å²) in [7, 11) is 0. The zero-order valence-electron chi connectivity index (χ0n) is 18.2. The Morgan fingerprint density at radius 3 is 2.65 bits per heavy atom. The highest BCUT2D eigenvalue weighted by molar-refractivity contribution is 6.32. The highest BCUT2D eigenvalue weighted by Gasteiger charge is 2.25. The van der Waals surface area contributed by atoms with Crippen molar-refractivity contribution < 1.29 is 9.53 Å². The molecule has 1 aromatic heterocycles. The second kappa shape index (κ2) is 10.5. The molecule has 1 amide bonds. The summed E-state index contributed by atoms with van der Waals surface area (Å²) < 4.78 is 6.20. The molecule has 5 nitrogen and oxygen atoms in total. The first-order chi connectivity index (χ1) is 15.1. The molecule has 0 bridgehead atoms. The molecule has 6 heteroatoms. The Bertz CT molecular complexity index is 862. The molecule has 166 valence electrons. The number of amides is 1. The molecule has 0 spiro atoms. The number of ether oxygens (including phenoxy) is 1. The number of halogens is 1. The fourth-order valence-corrected chi connectivity index (χ4v) is 4.87. The van der Waals surface area contributed by atoms with Crippen LogP contribution >= 0.6 is 11.6 Å². The molecule has 4 rings (SSSR count). The quantitative estimate of drug-likeness (QED) is 0.665. The van der Waals surface area contributed by atoms with Gasteiger partial charge in [0.25, 0.3) is 5.91 Å². The molecule has 2 aliphatic rings. The standard InChI is InChI=1S/C25H32ClN3O2/c1-18(16-21-8-4-5-13-27-21)29-14-11-22(12-15-29)31-24-10-9-19(17-23(24)26)25(30)28-20-6-2-3-7-20/h4-5,8-10,13,17-18,20,22H,2-3,6-7,11-12,14-16H2,1H3,(H,28,30). The summed E-state index contributed by atoms with van der Waals surface area (Å²) in [5.74, 6) is 0.620. The molecule has 0 radical (unpaired) electrons. The summed E-state index contributed by atoms with van der Waals surface area (Å²) in [6.07, 6.45) is 9.42. The number of nitrogens with one attached hydrogen (secondary N) is 1. The van der Waals surface area contributed by atoms with Crippen LogP contribution in [0.1, 0.15) is 61.5 Å². The minimum Gasteiger partial charge on any atom is -0.489 e. The summed E-state index contributed by atoms with van der Waals surface area (Å²) in [5.41, 5.74) is 1.74. The number of aromatic nitrogens is 1. The predicted octanol–water partition coefficient (Wildman–Crippen LogP) is 4.88. The molecule has 31 heavy (non-hydrogen) atoms. The average Bonchev–Trinajstić information content (AvgIpc) is 3.29. The van der Waals surface area contributed by atoms with Crippen LogP contribution in [-0.2, 0) is 6.42 Å². The monoisotopic (exact) mass is 441 g/mol. The van der Waals surface area contributed by atoms with E-state index in [9.17, 15) is 4.79 Å². The second-order valence-electron chi connectivity index (χ2n) is 8.83. The van der Waals surface area contributed by atoms with Crippen LogP contribution in [0.3, 0.4) is 0 Å². The fourth-order valence-electron chi connectivity index (χ4n) is 4.64. The van der Waals surface area contributed by atoms with Crippen molar-refractivity contribution in [3.8, 4) is 5.75 Å². The average molecular weight is 442 g/mol. The first-order valence-electron chi connectivity index (χ1n) is 11.5. The molecule has 1 aliphatic carbocycles. The Balaban J connectivity index is 1.26. The van der Waals surface area contributed by atoms with Crippen molar-refractivity contribution in [2.24, 2.45) is 0 Å². The van der Waals surface area contributed by atoms with E-state index in [1.165, 1.54) is 12.8 Å². The summed E-state index contributed by atoms with van der Waals surface area (Å²) in [6.45, 7) is 4.26. The van der Waals surface area contributed by atoms with Crippen LogP contribution in [0.5, 0.6) is 5.75 Å². The van der Waals surface area contributed by atoms with E-state index < -0.39 is 0 Å². The number of rotatable bonds is 7. The third-order valence-electron chi connectivity index (χ3n) is 6.51. The van der Waals surface area contributed by atoms with Crippen LogP contribution < -0.4 is 10.1 Å².